The average molecular weight is 542 g/mol. The lowest BCUT2D eigenvalue weighted by atomic mass is 9.54. The van der Waals surface area contributed by atoms with Gasteiger partial charge in [0.05, 0.1) is 11.7 Å². The minimum absolute atomic E-state index is 0.0809. The smallest absolute Gasteiger partial charge is 0.316 e. The molecule has 6 nitrogen and oxygen atoms in total. The Bertz CT molecular complexity index is 956. The molecule has 3 rings (SSSR count). The van der Waals surface area contributed by atoms with Crippen LogP contribution in [0.4, 0.5) is 0 Å². The lowest BCUT2D eigenvalue weighted by Gasteiger charge is -2.54. The van der Waals surface area contributed by atoms with E-state index >= 15 is 0 Å². The Balaban J connectivity index is 2.12. The van der Waals surface area contributed by atoms with Crippen LogP contribution in [0.25, 0.3) is 0 Å². The quantitative estimate of drug-likeness (QED) is 0.233. The molecule has 36 heavy (non-hydrogen) atoms. The van der Waals surface area contributed by atoms with E-state index in [9.17, 15) is 19.5 Å². The molecule has 10 atom stereocenters. The summed E-state index contributed by atoms with van der Waals surface area (Å²) in [6.45, 7) is 11.2. The van der Waals surface area contributed by atoms with Gasteiger partial charge in [0.2, 0.25) is 4.33 Å². The molecule has 0 aromatic carbocycles. The first-order chi connectivity index (χ1) is 16.8. The van der Waals surface area contributed by atoms with Crippen molar-refractivity contribution >= 4 is 40.7 Å². The molecule has 0 unspecified atom stereocenters. The van der Waals surface area contributed by atoms with E-state index in [2.05, 4.69) is 6.08 Å². The zero-order chi connectivity index (χ0) is 27.0. The summed E-state index contributed by atoms with van der Waals surface area (Å²) in [6, 6.07) is 0. The first kappa shape index (κ1) is 29.1. The van der Waals surface area contributed by atoms with E-state index in [1.807, 2.05) is 45.9 Å². The van der Waals surface area contributed by atoms with Crippen LogP contribution in [0.5, 0.6) is 0 Å². The Kier molecular flexibility index (Phi) is 8.97. The summed E-state index contributed by atoms with van der Waals surface area (Å²) in [5.74, 6) is -5.53. The molecule has 0 amide bonds. The number of aliphatic hydroxyl groups is 1. The summed E-state index contributed by atoms with van der Waals surface area (Å²) in [4.78, 5) is 40.0. The van der Waals surface area contributed by atoms with Crippen LogP contribution in [0.1, 0.15) is 48.0 Å². The number of halogens is 2. The number of carbonyl (C=O) groups is 3. The van der Waals surface area contributed by atoms with E-state index in [0.717, 1.165) is 0 Å². The molecule has 8 heteroatoms. The molecule has 0 aromatic heterocycles. The topological polar surface area (TPSA) is 89.9 Å². The van der Waals surface area contributed by atoms with Crippen LogP contribution in [0.2, 0.25) is 0 Å². The summed E-state index contributed by atoms with van der Waals surface area (Å²) in [6.07, 6.45) is 10.6. The van der Waals surface area contributed by atoms with Gasteiger partial charge in [-0.25, -0.2) is 0 Å². The molecule has 0 saturated heterocycles. The molecular formula is C28H38Cl2O6. The number of esters is 1. The van der Waals surface area contributed by atoms with Gasteiger partial charge in [0.25, 0.3) is 0 Å². The fourth-order valence-corrected chi connectivity index (χ4v) is 6.85. The number of cyclic esters (lactones) is 1. The maximum atomic E-state index is 14.1. The number of fused-ring (bicyclic) bond motifs is 3. The first-order valence-corrected chi connectivity index (χ1v) is 13.5. The largest absolute Gasteiger partial charge is 0.458 e. The second-order valence-electron chi connectivity index (χ2n) is 10.8. The van der Waals surface area contributed by atoms with Gasteiger partial charge in [0, 0.05) is 12.5 Å². The van der Waals surface area contributed by atoms with Gasteiger partial charge in [-0.05, 0) is 69.8 Å². The molecule has 2 aliphatic carbocycles. The maximum Gasteiger partial charge on any atom is 0.316 e. The molecule has 3 aliphatic rings. The second kappa shape index (κ2) is 11.1. The predicted octanol–water partition coefficient (Wildman–Crippen LogP) is 4.86. The predicted molar refractivity (Wildman–Crippen MR) is 140 cm³/mol. The Labute approximate surface area is 224 Å². The van der Waals surface area contributed by atoms with Crippen LogP contribution in [0, 0.1) is 41.4 Å². The van der Waals surface area contributed by atoms with Crippen LogP contribution in [-0.2, 0) is 23.9 Å². The monoisotopic (exact) mass is 540 g/mol. The molecular weight excluding hydrogens is 503 g/mol. The number of hydrogen-bond donors (Lipinski definition) is 1. The van der Waals surface area contributed by atoms with Crippen LogP contribution < -0.4 is 0 Å². The normalized spacial score (nSPS) is 45.1. The Hall–Kier alpha value is -1.47. The number of ketones is 2. The number of allylic oxidation sites excluding steroid dienone is 5. The van der Waals surface area contributed by atoms with Gasteiger partial charge < -0.3 is 14.6 Å². The van der Waals surface area contributed by atoms with Crippen molar-refractivity contribution in [2.45, 2.75) is 70.1 Å². The third kappa shape index (κ3) is 5.38. The summed E-state index contributed by atoms with van der Waals surface area (Å²) >= 11 is 13.1. The lowest BCUT2D eigenvalue weighted by molar-refractivity contribution is -0.182. The third-order valence-electron chi connectivity index (χ3n) is 8.24. The maximum absolute atomic E-state index is 14.1. The number of carbonyl (C=O) groups excluding carboxylic acids is 3. The van der Waals surface area contributed by atoms with Crippen LogP contribution in [0.3, 0.4) is 0 Å². The van der Waals surface area contributed by atoms with E-state index in [-0.39, 0.29) is 29.6 Å². The van der Waals surface area contributed by atoms with Gasteiger partial charge in [0.15, 0.2) is 11.6 Å². The molecule has 0 bridgehead atoms. The molecule has 0 radical (unpaired) electrons. The minimum atomic E-state index is -2.44. The summed E-state index contributed by atoms with van der Waals surface area (Å²) in [5, 5.41) is 11.3. The van der Waals surface area contributed by atoms with Crippen molar-refractivity contribution in [2.75, 3.05) is 6.61 Å². The zero-order valence-corrected chi connectivity index (χ0v) is 23.3. The average Bonchev–Trinajstić information content (AvgIpc) is 2.82. The highest BCUT2D eigenvalue weighted by Crippen LogP contribution is 2.53. The van der Waals surface area contributed by atoms with Crippen molar-refractivity contribution in [1.82, 2.24) is 0 Å². The molecule has 1 saturated carbocycles. The van der Waals surface area contributed by atoms with Gasteiger partial charge in [0.1, 0.15) is 12.0 Å². The SMILES string of the molecule is CCO[C@]1(C)C[C@H]2C=C[C@@H]3[C@@H](C(=O)C(Cl)(Cl)C(=O)[C@H](C)C(=O)O[C@@H](C)/C=C/C=C\[C@H]3C)[C@@H]2[C@H](C)[C@H]1O. The fraction of sp³-hybridized carbons (Fsp3) is 0.679. The van der Waals surface area contributed by atoms with Crippen molar-refractivity contribution in [3.8, 4) is 0 Å². The number of rotatable bonds is 2. The van der Waals surface area contributed by atoms with Crippen LogP contribution in [0.15, 0.2) is 36.5 Å². The number of ether oxygens (including phenoxy) is 2. The van der Waals surface area contributed by atoms with Gasteiger partial charge in [-0.2, -0.15) is 0 Å². The second-order valence-corrected chi connectivity index (χ2v) is 12.1. The Morgan fingerprint density at radius 3 is 2.31 bits per heavy atom. The van der Waals surface area contributed by atoms with Crippen molar-refractivity contribution < 1.29 is 29.0 Å². The lowest BCUT2D eigenvalue weighted by Crippen LogP contribution is -2.60. The molecule has 200 valence electrons. The molecule has 1 heterocycles. The summed E-state index contributed by atoms with van der Waals surface area (Å²) < 4.78 is 8.87. The van der Waals surface area contributed by atoms with Crippen molar-refractivity contribution in [2.24, 2.45) is 41.4 Å². The van der Waals surface area contributed by atoms with Gasteiger partial charge >= 0.3 is 5.97 Å². The van der Waals surface area contributed by atoms with E-state index < -0.39 is 51.5 Å². The van der Waals surface area contributed by atoms with E-state index in [4.69, 9.17) is 32.7 Å². The number of hydrogen-bond acceptors (Lipinski definition) is 6. The van der Waals surface area contributed by atoms with E-state index in [1.165, 1.54) is 6.92 Å². The van der Waals surface area contributed by atoms with Gasteiger partial charge in [-0.15, -0.1) is 0 Å². The molecule has 1 N–H and O–H groups in total. The minimum Gasteiger partial charge on any atom is -0.458 e. The summed E-state index contributed by atoms with van der Waals surface area (Å²) in [5.41, 5.74) is -0.767. The molecule has 0 spiro atoms. The van der Waals surface area contributed by atoms with E-state index in [1.54, 1.807) is 19.1 Å². The van der Waals surface area contributed by atoms with Gasteiger partial charge in [-0.1, -0.05) is 67.4 Å². The van der Waals surface area contributed by atoms with Crippen molar-refractivity contribution in [3.05, 3.63) is 36.5 Å². The number of aliphatic hydroxyl groups excluding tert-OH is 1. The summed E-state index contributed by atoms with van der Waals surface area (Å²) in [7, 11) is 0. The Morgan fingerprint density at radius 1 is 1.03 bits per heavy atom. The van der Waals surface area contributed by atoms with E-state index in [0.29, 0.717) is 13.0 Å². The van der Waals surface area contributed by atoms with Crippen molar-refractivity contribution in [1.29, 1.82) is 0 Å². The molecule has 1 fully saturated rings. The highest BCUT2D eigenvalue weighted by atomic mass is 35.5. The fourth-order valence-electron chi connectivity index (χ4n) is 6.27. The number of Topliss-reactive ketones (excluding diaryl/α,β-unsaturated/α-hetero) is 2. The van der Waals surface area contributed by atoms with Crippen molar-refractivity contribution in [3.63, 3.8) is 0 Å². The zero-order valence-electron chi connectivity index (χ0n) is 21.8. The van der Waals surface area contributed by atoms with Crippen LogP contribution in [-0.4, -0.2) is 51.4 Å². The highest BCUT2D eigenvalue weighted by Gasteiger charge is 2.59. The molecule has 1 aliphatic heterocycles. The van der Waals surface area contributed by atoms with Crippen LogP contribution >= 0.6 is 23.2 Å². The third-order valence-corrected chi connectivity index (χ3v) is 8.98. The Morgan fingerprint density at radius 2 is 1.67 bits per heavy atom. The standard InChI is InChI=1S/C28H38Cl2O6/c1-7-35-27(6)14-19-12-13-20-15(2)10-8-9-11-16(3)36-26(34)18(5)24(32)28(29,30)25(33)22(20)21(19)17(4)23(27)31/h8-13,15-23,31H,7,14H2,1-6H3/b10-8-,11-9+/t15-,16+,17+,18+,19-,20+,21-,22-,23-,27-/m1/s1. The first-order valence-electron chi connectivity index (χ1n) is 12.8. The number of alkyl halides is 2. The molecule has 0 aromatic rings. The highest BCUT2D eigenvalue weighted by molar-refractivity contribution is 6.68. The van der Waals surface area contributed by atoms with Gasteiger partial charge in [-0.3, -0.25) is 14.4 Å².